The van der Waals surface area contributed by atoms with Crippen LogP contribution >= 0.6 is 23.1 Å². The Balaban J connectivity index is 1.35. The first-order valence-corrected chi connectivity index (χ1v) is 11.9. The molecular formula is C20H29N3O2S2. The molecular weight excluding hydrogens is 378 g/mol. The van der Waals surface area contributed by atoms with Crippen molar-refractivity contribution in [3.05, 3.63) is 16.1 Å². The summed E-state index contributed by atoms with van der Waals surface area (Å²) in [4.78, 5) is 34.0. The number of amides is 2. The molecule has 1 aromatic heterocycles. The van der Waals surface area contributed by atoms with E-state index in [1.807, 2.05) is 10.3 Å². The van der Waals surface area contributed by atoms with Gasteiger partial charge in [0.25, 0.3) is 5.91 Å². The van der Waals surface area contributed by atoms with Crippen LogP contribution in [0.2, 0.25) is 0 Å². The van der Waals surface area contributed by atoms with E-state index in [4.69, 9.17) is 0 Å². The lowest BCUT2D eigenvalue weighted by Crippen LogP contribution is -2.40. The van der Waals surface area contributed by atoms with Crippen LogP contribution in [0.25, 0.3) is 0 Å². The quantitative estimate of drug-likeness (QED) is 0.767. The molecule has 0 unspecified atom stereocenters. The van der Waals surface area contributed by atoms with E-state index in [1.165, 1.54) is 0 Å². The van der Waals surface area contributed by atoms with E-state index in [1.54, 1.807) is 23.1 Å². The van der Waals surface area contributed by atoms with Crippen molar-refractivity contribution in [3.8, 4) is 0 Å². The van der Waals surface area contributed by atoms with E-state index in [0.29, 0.717) is 17.5 Å². The molecule has 4 rings (SSSR count). The van der Waals surface area contributed by atoms with Gasteiger partial charge in [0.2, 0.25) is 5.91 Å². The van der Waals surface area contributed by atoms with Gasteiger partial charge in [0.1, 0.15) is 5.69 Å². The predicted molar refractivity (Wildman–Crippen MR) is 110 cm³/mol. The summed E-state index contributed by atoms with van der Waals surface area (Å²) in [6, 6.07) is 0. The average Bonchev–Trinajstić information content (AvgIpc) is 3.19. The highest BCUT2D eigenvalue weighted by Crippen LogP contribution is 2.68. The van der Waals surface area contributed by atoms with Crippen LogP contribution in [0.15, 0.2) is 5.38 Å². The summed E-state index contributed by atoms with van der Waals surface area (Å²) in [5.74, 6) is 2.69. The molecule has 0 aromatic carbocycles. The Labute approximate surface area is 169 Å². The number of hydrogen-bond donors (Lipinski definition) is 0. The number of rotatable bonds is 3. The van der Waals surface area contributed by atoms with Crippen LogP contribution in [0, 0.1) is 16.7 Å². The fourth-order valence-corrected chi connectivity index (χ4v) is 6.56. The second kappa shape index (κ2) is 6.76. The number of thiazole rings is 1. The van der Waals surface area contributed by atoms with E-state index in [-0.39, 0.29) is 22.7 Å². The molecule has 1 saturated carbocycles. The number of carbonyl (C=O) groups is 2. The van der Waals surface area contributed by atoms with Gasteiger partial charge in [-0.05, 0) is 23.7 Å². The van der Waals surface area contributed by atoms with E-state index in [9.17, 15) is 9.59 Å². The molecule has 5 nitrogen and oxygen atoms in total. The fraction of sp³-hybridized carbons (Fsp3) is 0.750. The standard InChI is InChI=1S/C20H29N3O2S2/c1-19(2)15(20(19,3)4)18(25)22-7-5-13(6-8-22)16-21-14(11-27-16)17(24)23-9-10-26-12-23/h11,13,15H,5-10,12H2,1-4H3. The number of piperidine rings is 1. The second-order valence-corrected chi connectivity index (χ2v) is 11.1. The molecule has 2 aliphatic heterocycles. The first-order valence-electron chi connectivity index (χ1n) is 9.84. The highest BCUT2D eigenvalue weighted by Gasteiger charge is 2.68. The minimum absolute atomic E-state index is 0.0632. The smallest absolute Gasteiger partial charge is 0.274 e. The molecule has 1 aromatic rings. The zero-order valence-corrected chi connectivity index (χ0v) is 18.3. The van der Waals surface area contributed by atoms with Crippen molar-refractivity contribution < 1.29 is 9.59 Å². The molecule has 148 valence electrons. The van der Waals surface area contributed by atoms with Crippen LogP contribution in [0.1, 0.15) is 62.0 Å². The van der Waals surface area contributed by atoms with Crippen LogP contribution < -0.4 is 0 Å². The Bertz CT molecular complexity index is 730. The fourth-order valence-electron chi connectivity index (χ4n) is 4.65. The van der Waals surface area contributed by atoms with Crippen LogP contribution in [-0.2, 0) is 4.79 Å². The molecule has 3 fully saturated rings. The van der Waals surface area contributed by atoms with Crippen molar-refractivity contribution in [2.24, 2.45) is 16.7 Å². The van der Waals surface area contributed by atoms with E-state index in [0.717, 1.165) is 49.1 Å². The Morgan fingerprint density at radius 3 is 2.30 bits per heavy atom. The van der Waals surface area contributed by atoms with Gasteiger partial charge in [-0.3, -0.25) is 9.59 Å². The van der Waals surface area contributed by atoms with Crippen molar-refractivity contribution in [3.63, 3.8) is 0 Å². The summed E-state index contributed by atoms with van der Waals surface area (Å²) in [6.45, 7) is 11.2. The molecule has 0 bridgehead atoms. The van der Waals surface area contributed by atoms with Gasteiger partial charge in [0.15, 0.2) is 0 Å². The highest BCUT2D eigenvalue weighted by molar-refractivity contribution is 7.99. The van der Waals surface area contributed by atoms with E-state index >= 15 is 0 Å². The molecule has 0 atom stereocenters. The largest absolute Gasteiger partial charge is 0.342 e. The second-order valence-electron chi connectivity index (χ2n) is 9.15. The van der Waals surface area contributed by atoms with Gasteiger partial charge >= 0.3 is 0 Å². The van der Waals surface area contributed by atoms with Crippen molar-refractivity contribution in [1.82, 2.24) is 14.8 Å². The monoisotopic (exact) mass is 407 g/mol. The van der Waals surface area contributed by atoms with E-state index in [2.05, 4.69) is 37.6 Å². The van der Waals surface area contributed by atoms with Crippen molar-refractivity contribution in [2.45, 2.75) is 46.5 Å². The SMILES string of the molecule is CC1(C)C(C(=O)N2CCC(c3nc(C(=O)N4CCSC4)cs3)CC2)C1(C)C. The molecule has 0 radical (unpaired) electrons. The summed E-state index contributed by atoms with van der Waals surface area (Å²) in [5, 5.41) is 2.97. The maximum absolute atomic E-state index is 12.9. The summed E-state index contributed by atoms with van der Waals surface area (Å²) >= 11 is 3.40. The lowest BCUT2D eigenvalue weighted by Gasteiger charge is -2.32. The number of carbonyl (C=O) groups excluding carboxylic acids is 2. The maximum atomic E-state index is 12.9. The molecule has 1 aliphatic carbocycles. The van der Waals surface area contributed by atoms with Gasteiger partial charge in [-0.15, -0.1) is 23.1 Å². The molecule has 7 heteroatoms. The Kier molecular flexibility index (Phi) is 4.82. The maximum Gasteiger partial charge on any atom is 0.274 e. The lowest BCUT2D eigenvalue weighted by molar-refractivity contribution is -0.134. The van der Waals surface area contributed by atoms with Gasteiger partial charge in [0, 0.05) is 42.6 Å². The van der Waals surface area contributed by atoms with E-state index < -0.39 is 0 Å². The number of likely N-dealkylation sites (tertiary alicyclic amines) is 1. The Hall–Kier alpha value is -1.08. The normalized spacial score (nSPS) is 25.0. The molecule has 0 spiro atoms. The summed E-state index contributed by atoms with van der Waals surface area (Å²) in [5.41, 5.74) is 0.788. The van der Waals surface area contributed by atoms with Gasteiger partial charge < -0.3 is 9.80 Å². The summed E-state index contributed by atoms with van der Waals surface area (Å²) < 4.78 is 0. The van der Waals surface area contributed by atoms with Crippen LogP contribution in [0.4, 0.5) is 0 Å². The number of hydrogen-bond acceptors (Lipinski definition) is 5. The molecule has 3 heterocycles. The van der Waals surface area contributed by atoms with Gasteiger partial charge in [-0.25, -0.2) is 4.98 Å². The van der Waals surface area contributed by atoms with Gasteiger partial charge in [-0.2, -0.15) is 0 Å². The highest BCUT2D eigenvalue weighted by atomic mass is 32.2. The summed E-state index contributed by atoms with van der Waals surface area (Å²) in [7, 11) is 0. The first kappa shape index (κ1) is 19.2. The topological polar surface area (TPSA) is 53.5 Å². The van der Waals surface area contributed by atoms with Gasteiger partial charge in [-0.1, -0.05) is 27.7 Å². The number of nitrogens with zero attached hydrogens (tertiary/aromatic N) is 3. The number of thioether (sulfide) groups is 1. The van der Waals surface area contributed by atoms with Crippen molar-refractivity contribution in [1.29, 1.82) is 0 Å². The average molecular weight is 408 g/mol. The number of aromatic nitrogens is 1. The zero-order valence-electron chi connectivity index (χ0n) is 16.7. The predicted octanol–water partition coefficient (Wildman–Crippen LogP) is 3.68. The Morgan fingerprint density at radius 2 is 1.74 bits per heavy atom. The van der Waals surface area contributed by atoms with Crippen molar-refractivity contribution >= 4 is 34.9 Å². The minimum Gasteiger partial charge on any atom is -0.342 e. The third-order valence-corrected chi connectivity index (χ3v) is 9.18. The molecule has 0 N–H and O–H groups in total. The first-order chi connectivity index (χ1) is 12.7. The lowest BCUT2D eigenvalue weighted by atomic mass is 9.96. The minimum atomic E-state index is 0.0632. The van der Waals surface area contributed by atoms with Gasteiger partial charge in [0.05, 0.1) is 10.9 Å². The van der Waals surface area contributed by atoms with Crippen molar-refractivity contribution in [2.75, 3.05) is 31.3 Å². The third kappa shape index (κ3) is 3.20. The zero-order chi connectivity index (χ0) is 19.4. The molecule has 2 amide bonds. The molecule has 3 aliphatic rings. The Morgan fingerprint density at radius 1 is 1.07 bits per heavy atom. The van der Waals surface area contributed by atoms with Crippen LogP contribution in [0.3, 0.4) is 0 Å². The molecule has 2 saturated heterocycles. The molecule has 27 heavy (non-hydrogen) atoms. The van der Waals surface area contributed by atoms with Crippen LogP contribution in [0.5, 0.6) is 0 Å². The third-order valence-electron chi connectivity index (χ3n) is 7.20. The van der Waals surface area contributed by atoms with Crippen LogP contribution in [-0.4, -0.2) is 57.9 Å². The summed E-state index contributed by atoms with van der Waals surface area (Å²) in [6.07, 6.45) is 1.89.